The summed E-state index contributed by atoms with van der Waals surface area (Å²) in [4.78, 5) is 26.8. The highest BCUT2D eigenvalue weighted by molar-refractivity contribution is 7.13. The lowest BCUT2D eigenvalue weighted by Crippen LogP contribution is -2.25. The average Bonchev–Trinajstić information content (AvgIpc) is 3.13. The van der Waals surface area contributed by atoms with Crippen molar-refractivity contribution in [2.75, 3.05) is 12.4 Å². The number of aryl methyl sites for hydroxylation is 1. The van der Waals surface area contributed by atoms with Crippen molar-refractivity contribution in [3.05, 3.63) is 82.0 Å². The number of hydrogen-bond acceptors (Lipinski definition) is 5. The summed E-state index contributed by atoms with van der Waals surface area (Å²) in [6.07, 6.45) is -1.06. The summed E-state index contributed by atoms with van der Waals surface area (Å²) in [6.45, 7) is 1.91. The zero-order valence-corrected chi connectivity index (χ0v) is 15.8. The predicted molar refractivity (Wildman–Crippen MR) is 105 cm³/mol. The van der Waals surface area contributed by atoms with Gasteiger partial charge in [0, 0.05) is 22.2 Å². The van der Waals surface area contributed by atoms with E-state index in [0.717, 1.165) is 4.88 Å². The molecular formula is C21H19NO4S. The summed E-state index contributed by atoms with van der Waals surface area (Å²) in [5.41, 5.74) is 1.16. The molecule has 6 heteroatoms. The quantitative estimate of drug-likeness (QED) is 0.634. The van der Waals surface area contributed by atoms with Crippen LogP contribution in [-0.4, -0.2) is 19.0 Å². The number of carbonyl (C=O) groups excluding carboxylic acids is 2. The molecule has 1 atom stereocenters. The summed E-state index contributed by atoms with van der Waals surface area (Å²) in [5.74, 6) is -0.339. The molecule has 3 rings (SSSR count). The molecule has 0 saturated heterocycles. The summed E-state index contributed by atoms with van der Waals surface area (Å²) in [6, 6.07) is 19.5. The van der Waals surface area contributed by atoms with E-state index in [1.165, 1.54) is 11.3 Å². The Morgan fingerprint density at radius 1 is 1.00 bits per heavy atom. The minimum absolute atomic E-state index is 0.434. The third kappa shape index (κ3) is 4.74. The van der Waals surface area contributed by atoms with Crippen LogP contribution in [0.15, 0.2) is 66.7 Å². The lowest BCUT2D eigenvalue weighted by atomic mass is 10.1. The second-order valence-electron chi connectivity index (χ2n) is 5.83. The van der Waals surface area contributed by atoms with Crippen LogP contribution < -0.4 is 10.1 Å². The molecule has 0 spiro atoms. The van der Waals surface area contributed by atoms with E-state index in [4.69, 9.17) is 9.47 Å². The molecule has 138 valence electrons. The van der Waals surface area contributed by atoms with Crippen molar-refractivity contribution in [3.8, 4) is 5.75 Å². The van der Waals surface area contributed by atoms with Crippen molar-refractivity contribution in [3.63, 3.8) is 0 Å². The van der Waals surface area contributed by atoms with Gasteiger partial charge >= 0.3 is 5.97 Å². The van der Waals surface area contributed by atoms with Crippen LogP contribution in [0.25, 0.3) is 0 Å². The molecule has 0 aliphatic rings. The van der Waals surface area contributed by atoms with Crippen LogP contribution in [0.5, 0.6) is 5.75 Å². The first kappa shape index (κ1) is 18.7. The first-order chi connectivity index (χ1) is 13.1. The second kappa shape index (κ2) is 8.51. The van der Waals surface area contributed by atoms with Gasteiger partial charge < -0.3 is 14.8 Å². The number of ether oxygens (including phenoxy) is 2. The van der Waals surface area contributed by atoms with Crippen LogP contribution in [0, 0.1) is 6.92 Å². The van der Waals surface area contributed by atoms with E-state index in [1.807, 2.05) is 19.1 Å². The van der Waals surface area contributed by atoms with E-state index in [9.17, 15) is 9.59 Å². The van der Waals surface area contributed by atoms with Gasteiger partial charge in [-0.1, -0.05) is 36.4 Å². The van der Waals surface area contributed by atoms with Crippen molar-refractivity contribution in [2.24, 2.45) is 0 Å². The summed E-state index contributed by atoms with van der Waals surface area (Å²) >= 11 is 1.33. The van der Waals surface area contributed by atoms with Crippen LogP contribution in [-0.2, 0) is 9.53 Å². The van der Waals surface area contributed by atoms with E-state index >= 15 is 0 Å². The molecule has 5 nitrogen and oxygen atoms in total. The van der Waals surface area contributed by atoms with E-state index in [1.54, 1.807) is 61.7 Å². The SMILES string of the molecule is COc1cccc(NC(=O)[C@@H](OC(=O)c2ccc(C)s2)c2ccccc2)c1. The molecule has 0 aliphatic heterocycles. The second-order valence-corrected chi connectivity index (χ2v) is 7.12. The Hall–Kier alpha value is -3.12. The zero-order valence-electron chi connectivity index (χ0n) is 15.0. The monoisotopic (exact) mass is 381 g/mol. The number of benzene rings is 2. The van der Waals surface area contributed by atoms with Crippen LogP contribution in [0.3, 0.4) is 0 Å². The Morgan fingerprint density at radius 2 is 1.78 bits per heavy atom. The topological polar surface area (TPSA) is 64.6 Å². The Morgan fingerprint density at radius 3 is 2.44 bits per heavy atom. The number of methoxy groups -OCH3 is 1. The number of anilines is 1. The van der Waals surface area contributed by atoms with Crippen LogP contribution in [0.2, 0.25) is 0 Å². The first-order valence-electron chi connectivity index (χ1n) is 8.34. The molecule has 27 heavy (non-hydrogen) atoms. The van der Waals surface area contributed by atoms with Crippen molar-refractivity contribution in [2.45, 2.75) is 13.0 Å². The fraction of sp³-hybridized carbons (Fsp3) is 0.143. The molecule has 1 heterocycles. The molecular weight excluding hydrogens is 362 g/mol. The lowest BCUT2D eigenvalue weighted by Gasteiger charge is -2.18. The van der Waals surface area contributed by atoms with Gasteiger partial charge in [0.05, 0.1) is 7.11 Å². The van der Waals surface area contributed by atoms with E-state index in [0.29, 0.717) is 21.9 Å². The standard InChI is InChI=1S/C21H19NO4S/c1-14-11-12-18(27-14)21(24)26-19(15-7-4-3-5-8-15)20(23)22-16-9-6-10-17(13-16)25-2/h3-13,19H,1-2H3,(H,22,23)/t19-/m0/s1. The predicted octanol–water partition coefficient (Wildman–Crippen LogP) is 4.60. The van der Waals surface area contributed by atoms with Gasteiger partial charge in [-0.2, -0.15) is 0 Å². The van der Waals surface area contributed by atoms with Crippen molar-refractivity contribution >= 4 is 28.9 Å². The highest BCUT2D eigenvalue weighted by atomic mass is 32.1. The Kier molecular flexibility index (Phi) is 5.88. The maximum atomic E-state index is 12.9. The third-order valence-corrected chi connectivity index (χ3v) is 4.82. The minimum atomic E-state index is -1.06. The van der Waals surface area contributed by atoms with Crippen LogP contribution in [0.1, 0.15) is 26.2 Å². The zero-order chi connectivity index (χ0) is 19.2. The third-order valence-electron chi connectivity index (χ3n) is 3.84. The summed E-state index contributed by atoms with van der Waals surface area (Å²) in [5, 5.41) is 2.78. The van der Waals surface area contributed by atoms with Gasteiger partial charge in [0.15, 0.2) is 0 Å². The van der Waals surface area contributed by atoms with E-state index < -0.39 is 18.0 Å². The molecule has 0 fully saturated rings. The van der Waals surface area contributed by atoms with E-state index in [-0.39, 0.29) is 0 Å². The summed E-state index contributed by atoms with van der Waals surface area (Å²) < 4.78 is 10.7. The fourth-order valence-electron chi connectivity index (χ4n) is 2.52. The maximum absolute atomic E-state index is 12.9. The number of carbonyl (C=O) groups is 2. The Balaban J connectivity index is 1.83. The van der Waals surface area contributed by atoms with Gasteiger partial charge in [-0.3, -0.25) is 4.79 Å². The molecule has 2 aromatic carbocycles. The number of esters is 1. The number of nitrogens with one attached hydrogen (secondary N) is 1. The molecule has 1 amide bonds. The summed E-state index contributed by atoms with van der Waals surface area (Å²) in [7, 11) is 1.55. The number of rotatable bonds is 6. The van der Waals surface area contributed by atoms with Gasteiger partial charge in [0.25, 0.3) is 5.91 Å². The average molecular weight is 381 g/mol. The van der Waals surface area contributed by atoms with Gasteiger partial charge in [-0.05, 0) is 31.2 Å². The van der Waals surface area contributed by atoms with Gasteiger partial charge in [0.2, 0.25) is 6.10 Å². The molecule has 0 aliphatic carbocycles. The van der Waals surface area contributed by atoms with Crippen LogP contribution in [0.4, 0.5) is 5.69 Å². The van der Waals surface area contributed by atoms with Gasteiger partial charge in [-0.15, -0.1) is 11.3 Å². The number of amides is 1. The Labute approximate surface area is 161 Å². The molecule has 0 bridgehead atoms. The van der Waals surface area contributed by atoms with E-state index in [2.05, 4.69) is 5.32 Å². The van der Waals surface area contributed by atoms with Crippen LogP contribution >= 0.6 is 11.3 Å². The highest BCUT2D eigenvalue weighted by Gasteiger charge is 2.26. The smallest absolute Gasteiger partial charge is 0.349 e. The highest BCUT2D eigenvalue weighted by Crippen LogP contribution is 2.25. The largest absolute Gasteiger partial charge is 0.497 e. The molecule has 0 saturated carbocycles. The molecule has 1 N–H and O–H groups in total. The maximum Gasteiger partial charge on any atom is 0.349 e. The van der Waals surface area contributed by atoms with Crippen molar-refractivity contribution in [1.29, 1.82) is 0 Å². The normalized spacial score (nSPS) is 11.5. The minimum Gasteiger partial charge on any atom is -0.497 e. The first-order valence-corrected chi connectivity index (χ1v) is 9.16. The molecule has 3 aromatic rings. The number of hydrogen-bond donors (Lipinski definition) is 1. The van der Waals surface area contributed by atoms with Gasteiger partial charge in [-0.25, -0.2) is 4.79 Å². The molecule has 0 unspecified atom stereocenters. The lowest BCUT2D eigenvalue weighted by molar-refractivity contribution is -0.125. The fourth-order valence-corrected chi connectivity index (χ4v) is 3.27. The Bertz CT molecular complexity index is 936. The van der Waals surface area contributed by atoms with Crippen molar-refractivity contribution < 1.29 is 19.1 Å². The van der Waals surface area contributed by atoms with Gasteiger partial charge in [0.1, 0.15) is 10.6 Å². The van der Waals surface area contributed by atoms with Crippen molar-refractivity contribution in [1.82, 2.24) is 0 Å². The molecule has 1 aromatic heterocycles. The number of thiophene rings is 1. The molecule has 0 radical (unpaired) electrons.